The minimum Gasteiger partial charge on any atom is -0.363 e. The highest BCUT2D eigenvalue weighted by Gasteiger charge is 2.30. The number of hydrogen-bond acceptors (Lipinski definition) is 3. The number of H-pyrrole nitrogens is 1. The van der Waals surface area contributed by atoms with Crippen LogP contribution in [-0.4, -0.2) is 32.7 Å². The average Bonchev–Trinajstić information content (AvgIpc) is 2.76. The Morgan fingerprint density at radius 3 is 2.63 bits per heavy atom. The van der Waals surface area contributed by atoms with Crippen molar-refractivity contribution in [3.8, 4) is 0 Å². The van der Waals surface area contributed by atoms with Crippen LogP contribution in [0.15, 0.2) is 17.2 Å². The summed E-state index contributed by atoms with van der Waals surface area (Å²) in [5, 5.41) is 3.05. The molecular weight excluding hydrogens is 283 g/mol. The Kier molecular flexibility index (Phi) is 5.39. The smallest absolute Gasteiger partial charge is 0.363 e. The lowest BCUT2D eigenvalue weighted by molar-refractivity contribution is -0.121. The molecule has 0 saturated carbocycles. The maximum atomic E-state index is 12.0. The highest BCUT2D eigenvalue weighted by Crippen LogP contribution is 2.15. The Hall–Kier alpha value is -1.06. The second-order valence-electron chi connectivity index (χ2n) is 3.98. The van der Waals surface area contributed by atoms with E-state index >= 15 is 0 Å². The molecule has 0 saturated heterocycles. The molecule has 0 atom stereocenters. The van der Waals surface area contributed by atoms with Crippen LogP contribution in [0.2, 0.25) is 0 Å². The molecule has 1 rings (SSSR count). The van der Waals surface area contributed by atoms with Gasteiger partial charge in [0, 0.05) is 18.4 Å². The second kappa shape index (κ2) is 6.40. The van der Waals surface area contributed by atoms with Crippen LogP contribution in [0.3, 0.4) is 0 Å². The number of nitrogens with one attached hydrogen (secondary N) is 3. The number of halogens is 3. The van der Waals surface area contributed by atoms with Crippen LogP contribution in [0, 0.1) is 0 Å². The summed E-state index contributed by atoms with van der Waals surface area (Å²) in [7, 11) is -4.13. The summed E-state index contributed by atoms with van der Waals surface area (Å²) in [4.78, 5) is 2.50. The molecule has 3 N–H and O–H groups in total. The van der Waals surface area contributed by atoms with Gasteiger partial charge in [0.1, 0.15) is 6.54 Å². The monoisotopic (exact) mass is 299 g/mol. The van der Waals surface area contributed by atoms with Crippen molar-refractivity contribution in [2.45, 2.75) is 31.0 Å². The standard InChI is InChI=1S/C10H16F3N3O2S/c1-2-3-14-5-8-4-9(6-15-8)19(17,18)16-7-10(11,12)13/h4,6,14-16H,2-3,5,7H2,1H3. The summed E-state index contributed by atoms with van der Waals surface area (Å²) < 4.78 is 60.5. The first kappa shape index (κ1) is 16.0. The van der Waals surface area contributed by atoms with Crippen molar-refractivity contribution in [2.75, 3.05) is 13.1 Å². The third-order valence-electron chi connectivity index (χ3n) is 2.23. The van der Waals surface area contributed by atoms with E-state index in [-0.39, 0.29) is 4.90 Å². The molecule has 1 aromatic rings. The van der Waals surface area contributed by atoms with Gasteiger partial charge in [0.2, 0.25) is 10.0 Å². The zero-order valence-electron chi connectivity index (χ0n) is 10.3. The number of aromatic nitrogens is 1. The van der Waals surface area contributed by atoms with Crippen molar-refractivity contribution in [2.24, 2.45) is 0 Å². The van der Waals surface area contributed by atoms with Crippen LogP contribution in [-0.2, 0) is 16.6 Å². The number of rotatable bonds is 7. The summed E-state index contributed by atoms with van der Waals surface area (Å²) in [6.45, 7) is 1.61. The summed E-state index contributed by atoms with van der Waals surface area (Å²) in [5.41, 5.74) is 0.598. The number of aromatic amines is 1. The van der Waals surface area contributed by atoms with E-state index in [9.17, 15) is 21.6 Å². The van der Waals surface area contributed by atoms with Crippen LogP contribution in [0.4, 0.5) is 13.2 Å². The van der Waals surface area contributed by atoms with Gasteiger partial charge in [-0.15, -0.1) is 0 Å². The SMILES string of the molecule is CCCNCc1cc(S(=O)(=O)NCC(F)(F)F)c[nH]1. The molecule has 0 bridgehead atoms. The molecule has 0 aliphatic heterocycles. The molecule has 0 aliphatic rings. The Morgan fingerprint density at radius 1 is 1.37 bits per heavy atom. The van der Waals surface area contributed by atoms with Crippen molar-refractivity contribution in [1.82, 2.24) is 15.0 Å². The third kappa shape index (κ3) is 5.62. The highest BCUT2D eigenvalue weighted by molar-refractivity contribution is 7.89. The molecule has 9 heteroatoms. The van der Waals surface area contributed by atoms with Gasteiger partial charge < -0.3 is 10.3 Å². The van der Waals surface area contributed by atoms with Crippen molar-refractivity contribution in [1.29, 1.82) is 0 Å². The minimum absolute atomic E-state index is 0.204. The zero-order valence-corrected chi connectivity index (χ0v) is 11.2. The summed E-state index contributed by atoms with van der Waals surface area (Å²) in [6.07, 6.45) is -2.48. The van der Waals surface area contributed by atoms with E-state index in [1.807, 2.05) is 6.92 Å². The number of sulfonamides is 1. The molecule has 0 spiro atoms. The van der Waals surface area contributed by atoms with E-state index in [2.05, 4.69) is 10.3 Å². The van der Waals surface area contributed by atoms with Crippen molar-refractivity contribution in [3.05, 3.63) is 18.0 Å². The quantitative estimate of drug-likeness (QED) is 0.665. The second-order valence-corrected chi connectivity index (χ2v) is 5.74. The fourth-order valence-corrected chi connectivity index (χ4v) is 2.37. The molecule has 0 radical (unpaired) electrons. The van der Waals surface area contributed by atoms with E-state index in [1.54, 1.807) is 0 Å². The van der Waals surface area contributed by atoms with Crippen molar-refractivity contribution >= 4 is 10.0 Å². The molecule has 19 heavy (non-hydrogen) atoms. The molecule has 0 aliphatic carbocycles. The third-order valence-corrected chi connectivity index (χ3v) is 3.61. The maximum Gasteiger partial charge on any atom is 0.402 e. The van der Waals surface area contributed by atoms with Gasteiger partial charge in [-0.2, -0.15) is 13.2 Å². The first-order valence-electron chi connectivity index (χ1n) is 5.69. The lowest BCUT2D eigenvalue weighted by atomic mass is 10.4. The van der Waals surface area contributed by atoms with E-state index in [4.69, 9.17) is 0 Å². The van der Waals surface area contributed by atoms with E-state index in [1.165, 1.54) is 17.0 Å². The lowest BCUT2D eigenvalue weighted by Crippen LogP contribution is -2.33. The Morgan fingerprint density at radius 2 is 2.05 bits per heavy atom. The van der Waals surface area contributed by atoms with Crippen molar-refractivity contribution in [3.63, 3.8) is 0 Å². The van der Waals surface area contributed by atoms with Gasteiger partial charge in [-0.3, -0.25) is 0 Å². The largest absolute Gasteiger partial charge is 0.402 e. The fourth-order valence-electron chi connectivity index (χ4n) is 1.34. The van der Waals surface area contributed by atoms with Crippen LogP contribution in [0.1, 0.15) is 19.0 Å². The average molecular weight is 299 g/mol. The first-order valence-corrected chi connectivity index (χ1v) is 7.17. The molecule has 0 amide bonds. The summed E-state index contributed by atoms with van der Waals surface area (Å²) in [5.74, 6) is 0. The molecule has 5 nitrogen and oxygen atoms in total. The van der Waals surface area contributed by atoms with E-state index in [0.29, 0.717) is 12.2 Å². The summed E-state index contributed by atoms with van der Waals surface area (Å²) in [6, 6.07) is 1.31. The fraction of sp³-hybridized carbons (Fsp3) is 0.600. The van der Waals surface area contributed by atoms with Crippen LogP contribution in [0.25, 0.3) is 0 Å². The molecule has 110 valence electrons. The molecule has 1 aromatic heterocycles. The predicted octanol–water partition coefficient (Wildman–Crippen LogP) is 1.35. The molecule has 1 heterocycles. The Bertz CT molecular complexity index is 496. The van der Waals surface area contributed by atoms with E-state index in [0.717, 1.165) is 13.0 Å². The Labute approximate surface area is 109 Å². The topological polar surface area (TPSA) is 74.0 Å². The van der Waals surface area contributed by atoms with Gasteiger partial charge in [0.05, 0.1) is 4.90 Å². The highest BCUT2D eigenvalue weighted by atomic mass is 32.2. The zero-order chi connectivity index (χ0) is 14.5. The normalized spacial score (nSPS) is 12.8. The number of alkyl halides is 3. The molecule has 0 aromatic carbocycles. The van der Waals surface area contributed by atoms with Gasteiger partial charge in [-0.05, 0) is 19.0 Å². The van der Waals surface area contributed by atoms with Gasteiger partial charge in [-0.25, -0.2) is 13.1 Å². The predicted molar refractivity (Wildman–Crippen MR) is 64.0 cm³/mol. The molecule has 0 fully saturated rings. The van der Waals surface area contributed by atoms with Gasteiger partial charge in [0.15, 0.2) is 0 Å². The molecule has 0 unspecified atom stereocenters. The van der Waals surface area contributed by atoms with Crippen LogP contribution >= 0.6 is 0 Å². The van der Waals surface area contributed by atoms with E-state index < -0.39 is 22.7 Å². The van der Waals surface area contributed by atoms with Gasteiger partial charge in [-0.1, -0.05) is 6.92 Å². The lowest BCUT2D eigenvalue weighted by Gasteiger charge is -2.07. The molecular formula is C10H16F3N3O2S. The Balaban J connectivity index is 2.64. The number of hydrogen-bond donors (Lipinski definition) is 3. The van der Waals surface area contributed by atoms with Crippen molar-refractivity contribution < 1.29 is 21.6 Å². The summed E-state index contributed by atoms with van der Waals surface area (Å²) >= 11 is 0. The first-order chi connectivity index (χ1) is 8.74. The van der Waals surface area contributed by atoms with Crippen LogP contribution in [0.5, 0.6) is 0 Å². The van der Waals surface area contributed by atoms with Crippen LogP contribution < -0.4 is 10.0 Å². The maximum absolute atomic E-state index is 12.0. The van der Waals surface area contributed by atoms with Gasteiger partial charge in [0.25, 0.3) is 0 Å². The minimum atomic E-state index is -4.57. The van der Waals surface area contributed by atoms with Gasteiger partial charge >= 0.3 is 6.18 Å².